The zero-order valence-corrected chi connectivity index (χ0v) is 14.0. The predicted octanol–water partition coefficient (Wildman–Crippen LogP) is 3.78. The van der Waals surface area contributed by atoms with Gasteiger partial charge in [0.1, 0.15) is 6.17 Å². The first-order chi connectivity index (χ1) is 9.27. The third-order valence-corrected chi connectivity index (χ3v) is 5.05. The second-order valence-electron chi connectivity index (χ2n) is 7.06. The molecule has 4 heteroatoms. The van der Waals surface area contributed by atoms with Crippen LogP contribution in [0.4, 0.5) is 0 Å². The van der Waals surface area contributed by atoms with Gasteiger partial charge < -0.3 is 4.90 Å². The maximum absolute atomic E-state index is 12.7. The fourth-order valence-electron chi connectivity index (χ4n) is 2.49. The molecule has 2 heterocycles. The Kier molecular flexibility index (Phi) is 4.26. The maximum atomic E-state index is 12.7. The number of carbonyl (C=O) groups excluding carboxylic acids is 1. The summed E-state index contributed by atoms with van der Waals surface area (Å²) in [5.41, 5.74) is -0.183. The van der Waals surface area contributed by atoms with E-state index < -0.39 is 5.54 Å². The van der Waals surface area contributed by atoms with Crippen molar-refractivity contribution in [1.82, 2.24) is 10.2 Å². The largest absolute Gasteiger partial charge is 0.320 e. The number of nitrogens with zero attached hydrogens (tertiary/aromatic N) is 1. The average Bonchev–Trinajstić information content (AvgIpc) is 2.96. The molecule has 0 aromatic carbocycles. The number of hydrogen-bond acceptors (Lipinski definition) is 3. The van der Waals surface area contributed by atoms with Crippen LogP contribution >= 0.6 is 11.3 Å². The van der Waals surface area contributed by atoms with Crippen molar-refractivity contribution in [2.75, 3.05) is 6.54 Å². The van der Waals surface area contributed by atoms with Crippen LogP contribution in [0.25, 0.3) is 0 Å². The zero-order valence-electron chi connectivity index (χ0n) is 13.2. The molecule has 2 atom stereocenters. The fourth-order valence-corrected chi connectivity index (χ4v) is 3.27. The van der Waals surface area contributed by atoms with Crippen LogP contribution < -0.4 is 5.32 Å². The van der Waals surface area contributed by atoms with Crippen LogP contribution in [0, 0.1) is 5.41 Å². The lowest BCUT2D eigenvalue weighted by Gasteiger charge is -2.27. The van der Waals surface area contributed by atoms with E-state index in [9.17, 15) is 4.79 Å². The number of thiophene rings is 1. The number of amides is 1. The molecule has 1 N–H and O–H groups in total. The smallest absolute Gasteiger partial charge is 0.244 e. The van der Waals surface area contributed by atoms with Crippen molar-refractivity contribution in [1.29, 1.82) is 0 Å². The first-order valence-corrected chi connectivity index (χ1v) is 8.27. The van der Waals surface area contributed by atoms with Crippen molar-refractivity contribution < 1.29 is 4.79 Å². The summed E-state index contributed by atoms with van der Waals surface area (Å²) in [6.07, 6.45) is 1.87. The second-order valence-corrected chi connectivity index (χ2v) is 8.04. The normalized spacial score (nSPS) is 27.4. The van der Waals surface area contributed by atoms with Gasteiger partial charge in [-0.2, -0.15) is 0 Å². The molecule has 1 saturated heterocycles. The zero-order chi connectivity index (χ0) is 15.0. The molecule has 1 aromatic rings. The highest BCUT2D eigenvalue weighted by atomic mass is 32.1. The molecule has 1 aliphatic heterocycles. The molecule has 2 rings (SSSR count). The van der Waals surface area contributed by atoms with E-state index in [1.807, 2.05) is 11.8 Å². The Hall–Kier alpha value is -0.870. The SMILES string of the molecule is CCC1(C)NC(c2cccs2)N(CCC(C)(C)C)C1=O. The third-order valence-electron chi connectivity index (χ3n) is 4.12. The lowest BCUT2D eigenvalue weighted by atomic mass is 9.92. The van der Waals surface area contributed by atoms with Gasteiger partial charge in [-0.1, -0.05) is 33.8 Å². The molecule has 112 valence electrons. The van der Waals surface area contributed by atoms with Gasteiger partial charge in [-0.3, -0.25) is 10.1 Å². The highest BCUT2D eigenvalue weighted by molar-refractivity contribution is 7.10. The van der Waals surface area contributed by atoms with Crippen molar-refractivity contribution in [3.05, 3.63) is 22.4 Å². The van der Waals surface area contributed by atoms with Gasteiger partial charge in [-0.25, -0.2) is 0 Å². The molecule has 2 unspecified atom stereocenters. The highest BCUT2D eigenvalue weighted by Crippen LogP contribution is 2.35. The molecule has 3 nitrogen and oxygen atoms in total. The summed E-state index contributed by atoms with van der Waals surface area (Å²) in [4.78, 5) is 16.0. The molecule has 1 amide bonds. The van der Waals surface area contributed by atoms with Crippen LogP contribution in [0.2, 0.25) is 0 Å². The van der Waals surface area contributed by atoms with Crippen LogP contribution in [0.1, 0.15) is 58.5 Å². The topological polar surface area (TPSA) is 32.3 Å². The van der Waals surface area contributed by atoms with Crippen LogP contribution in [0.5, 0.6) is 0 Å². The van der Waals surface area contributed by atoms with Gasteiger partial charge in [-0.15, -0.1) is 11.3 Å². The quantitative estimate of drug-likeness (QED) is 0.916. The minimum absolute atomic E-state index is 0.0369. The fraction of sp³-hybridized carbons (Fsp3) is 0.688. The molecule has 0 bridgehead atoms. The molecule has 20 heavy (non-hydrogen) atoms. The molecule has 1 aromatic heterocycles. The van der Waals surface area contributed by atoms with Gasteiger partial charge in [0.2, 0.25) is 5.91 Å². The Labute approximate surface area is 126 Å². The van der Waals surface area contributed by atoms with Crippen molar-refractivity contribution >= 4 is 17.2 Å². The summed E-state index contributed by atoms with van der Waals surface area (Å²) in [6.45, 7) is 11.6. The van der Waals surface area contributed by atoms with Gasteiger partial charge in [0.05, 0.1) is 5.54 Å². The Morgan fingerprint density at radius 3 is 2.65 bits per heavy atom. The highest BCUT2D eigenvalue weighted by Gasteiger charge is 2.47. The number of hydrogen-bond donors (Lipinski definition) is 1. The van der Waals surface area contributed by atoms with Crippen LogP contribution in [-0.2, 0) is 4.79 Å². The van der Waals surface area contributed by atoms with Crippen molar-refractivity contribution in [2.45, 2.75) is 59.2 Å². The molecule has 1 fully saturated rings. The average molecular weight is 294 g/mol. The van der Waals surface area contributed by atoms with Crippen LogP contribution in [0.3, 0.4) is 0 Å². The molecule has 0 spiro atoms. The van der Waals surface area contributed by atoms with E-state index in [-0.39, 0.29) is 17.5 Å². The molecular weight excluding hydrogens is 268 g/mol. The first-order valence-electron chi connectivity index (χ1n) is 7.39. The standard InChI is InChI=1S/C16H26N2OS/c1-6-16(5)14(19)18(10-9-15(2,3)4)13(17-16)12-8-7-11-20-12/h7-8,11,13,17H,6,9-10H2,1-5H3. The molecule has 1 aliphatic rings. The maximum Gasteiger partial charge on any atom is 0.244 e. The van der Waals surface area contributed by atoms with E-state index in [1.54, 1.807) is 11.3 Å². The van der Waals surface area contributed by atoms with E-state index >= 15 is 0 Å². The van der Waals surface area contributed by atoms with E-state index in [0.29, 0.717) is 0 Å². The van der Waals surface area contributed by atoms with Crippen LogP contribution in [-0.4, -0.2) is 22.9 Å². The summed E-state index contributed by atoms with van der Waals surface area (Å²) >= 11 is 1.71. The van der Waals surface area contributed by atoms with Gasteiger partial charge in [-0.05, 0) is 36.6 Å². The number of nitrogens with one attached hydrogen (secondary N) is 1. The molecular formula is C16H26N2OS. The Morgan fingerprint density at radius 2 is 2.15 bits per heavy atom. The minimum Gasteiger partial charge on any atom is -0.320 e. The van der Waals surface area contributed by atoms with Crippen LogP contribution in [0.15, 0.2) is 17.5 Å². The molecule has 0 radical (unpaired) electrons. The van der Waals surface area contributed by atoms with Crippen molar-refractivity contribution in [3.63, 3.8) is 0 Å². The van der Waals surface area contributed by atoms with Crippen molar-refractivity contribution in [3.8, 4) is 0 Å². The Morgan fingerprint density at radius 1 is 1.45 bits per heavy atom. The Balaban J connectivity index is 2.22. The molecule has 0 saturated carbocycles. The monoisotopic (exact) mass is 294 g/mol. The molecule has 0 aliphatic carbocycles. The number of carbonyl (C=O) groups is 1. The van der Waals surface area contributed by atoms with Gasteiger partial charge >= 0.3 is 0 Å². The summed E-state index contributed by atoms with van der Waals surface area (Å²) < 4.78 is 0. The lowest BCUT2D eigenvalue weighted by molar-refractivity contribution is -0.133. The van der Waals surface area contributed by atoms with E-state index in [0.717, 1.165) is 19.4 Å². The van der Waals surface area contributed by atoms with Gasteiger partial charge in [0, 0.05) is 11.4 Å². The number of rotatable bonds is 4. The van der Waals surface area contributed by atoms with Crippen molar-refractivity contribution in [2.24, 2.45) is 5.41 Å². The lowest BCUT2D eigenvalue weighted by Crippen LogP contribution is -2.43. The summed E-state index contributed by atoms with van der Waals surface area (Å²) in [7, 11) is 0. The van der Waals surface area contributed by atoms with Gasteiger partial charge in [0.15, 0.2) is 0 Å². The predicted molar refractivity (Wildman–Crippen MR) is 84.7 cm³/mol. The third kappa shape index (κ3) is 3.07. The van der Waals surface area contributed by atoms with Gasteiger partial charge in [0.25, 0.3) is 0 Å². The summed E-state index contributed by atoms with van der Waals surface area (Å²) in [5.74, 6) is 0.239. The summed E-state index contributed by atoms with van der Waals surface area (Å²) in [5, 5.41) is 5.62. The minimum atomic E-state index is -0.424. The van der Waals surface area contributed by atoms with E-state index in [1.165, 1.54) is 4.88 Å². The van der Waals surface area contributed by atoms with E-state index in [2.05, 4.69) is 50.5 Å². The first kappa shape index (κ1) is 15.5. The second kappa shape index (κ2) is 5.49. The Bertz CT molecular complexity index is 463. The summed E-state index contributed by atoms with van der Waals surface area (Å²) in [6, 6.07) is 4.16. The van der Waals surface area contributed by atoms with E-state index in [4.69, 9.17) is 0 Å².